The van der Waals surface area contributed by atoms with Gasteiger partial charge in [0, 0.05) is 37.3 Å². The molecular weight excluding hydrogens is 248 g/mol. The first-order chi connectivity index (χ1) is 9.29. The molecule has 1 aliphatic rings. The molecule has 0 aliphatic carbocycles. The van der Waals surface area contributed by atoms with E-state index in [0.29, 0.717) is 0 Å². The molecule has 0 aromatic heterocycles. The van der Waals surface area contributed by atoms with Crippen LogP contribution >= 0.6 is 0 Å². The van der Waals surface area contributed by atoms with E-state index in [1.165, 1.54) is 11.1 Å². The molecule has 0 N–H and O–H groups in total. The van der Waals surface area contributed by atoms with Crippen molar-refractivity contribution in [3.05, 3.63) is 34.9 Å². The summed E-state index contributed by atoms with van der Waals surface area (Å²) >= 11 is 0. The third-order valence-electron chi connectivity index (χ3n) is 4.27. The van der Waals surface area contributed by atoms with E-state index in [1.54, 1.807) is 0 Å². The number of benzene rings is 1. The van der Waals surface area contributed by atoms with Gasteiger partial charge in [-0.3, -0.25) is 9.69 Å². The minimum absolute atomic E-state index is 0.168. The number of amides is 1. The van der Waals surface area contributed by atoms with Crippen LogP contribution in [0.3, 0.4) is 0 Å². The smallest absolute Gasteiger partial charge is 0.253 e. The molecule has 0 unspecified atom stereocenters. The average molecular weight is 274 g/mol. The Labute approximate surface area is 122 Å². The Bertz CT molecular complexity index is 494. The highest BCUT2D eigenvalue weighted by Crippen LogP contribution is 2.18. The fourth-order valence-corrected chi connectivity index (χ4v) is 2.64. The third kappa shape index (κ3) is 3.21. The van der Waals surface area contributed by atoms with Crippen LogP contribution in [0.5, 0.6) is 0 Å². The summed E-state index contributed by atoms with van der Waals surface area (Å²) in [6, 6.07) is 5.99. The highest BCUT2D eigenvalue weighted by molar-refractivity contribution is 5.94. The molecule has 1 heterocycles. The number of carbonyl (C=O) groups is 1. The lowest BCUT2D eigenvalue weighted by atomic mass is 10.0. The zero-order valence-corrected chi connectivity index (χ0v) is 13.4. The topological polar surface area (TPSA) is 23.6 Å². The van der Waals surface area contributed by atoms with Gasteiger partial charge in [0.1, 0.15) is 0 Å². The van der Waals surface area contributed by atoms with Gasteiger partial charge in [0.15, 0.2) is 0 Å². The summed E-state index contributed by atoms with van der Waals surface area (Å²) in [5.41, 5.74) is 3.43. The molecule has 0 radical (unpaired) electrons. The predicted molar refractivity (Wildman–Crippen MR) is 83.1 cm³/mol. The minimum Gasteiger partial charge on any atom is -0.336 e. The van der Waals surface area contributed by atoms with E-state index < -0.39 is 0 Å². The summed E-state index contributed by atoms with van der Waals surface area (Å²) < 4.78 is 0. The lowest BCUT2D eigenvalue weighted by Gasteiger charge is -2.42. The molecular formula is C17H26N2O. The van der Waals surface area contributed by atoms with Crippen molar-refractivity contribution in [3.8, 4) is 0 Å². The van der Waals surface area contributed by atoms with Crippen LogP contribution in [0.4, 0.5) is 0 Å². The van der Waals surface area contributed by atoms with Crippen LogP contribution in [0.1, 0.15) is 42.3 Å². The largest absolute Gasteiger partial charge is 0.336 e. The van der Waals surface area contributed by atoms with E-state index in [4.69, 9.17) is 0 Å². The Kier molecular flexibility index (Phi) is 4.19. The second kappa shape index (κ2) is 5.57. The molecule has 110 valence electrons. The monoisotopic (exact) mass is 274 g/mol. The Hall–Kier alpha value is -1.35. The van der Waals surface area contributed by atoms with Crippen LogP contribution < -0.4 is 0 Å². The normalized spacial score (nSPS) is 17.4. The van der Waals surface area contributed by atoms with Gasteiger partial charge in [-0.25, -0.2) is 0 Å². The van der Waals surface area contributed by atoms with E-state index in [2.05, 4.69) is 39.5 Å². The highest BCUT2D eigenvalue weighted by Gasteiger charge is 2.28. The van der Waals surface area contributed by atoms with Crippen LogP contribution in [0, 0.1) is 13.8 Å². The molecule has 0 bridgehead atoms. The van der Waals surface area contributed by atoms with Crippen LogP contribution in [0.25, 0.3) is 0 Å². The van der Waals surface area contributed by atoms with Gasteiger partial charge in [-0.1, -0.05) is 6.07 Å². The molecule has 0 atom stereocenters. The summed E-state index contributed by atoms with van der Waals surface area (Å²) in [5, 5.41) is 0. The van der Waals surface area contributed by atoms with Crippen molar-refractivity contribution in [2.24, 2.45) is 0 Å². The first kappa shape index (κ1) is 15.0. The maximum atomic E-state index is 12.5. The van der Waals surface area contributed by atoms with Crippen molar-refractivity contribution < 1.29 is 4.79 Å². The maximum Gasteiger partial charge on any atom is 0.253 e. The zero-order valence-electron chi connectivity index (χ0n) is 13.4. The number of hydrogen-bond acceptors (Lipinski definition) is 2. The first-order valence-electron chi connectivity index (χ1n) is 7.40. The van der Waals surface area contributed by atoms with Crippen molar-refractivity contribution in [3.63, 3.8) is 0 Å². The number of carbonyl (C=O) groups excluding carboxylic acids is 1. The predicted octanol–water partition coefficient (Wildman–Crippen LogP) is 2.86. The standard InChI is InChI=1S/C17H26N2O/c1-13-6-7-15(12-14(13)2)16(20)18-8-10-19(11-9-18)17(3,4)5/h6-7,12H,8-11H2,1-5H3. The van der Waals surface area contributed by atoms with Crippen LogP contribution in [-0.2, 0) is 0 Å². The summed E-state index contributed by atoms with van der Waals surface area (Å²) in [5.74, 6) is 0.168. The average Bonchev–Trinajstić information content (AvgIpc) is 2.40. The van der Waals surface area contributed by atoms with Gasteiger partial charge in [-0.05, 0) is 57.9 Å². The minimum atomic E-state index is 0.168. The number of piperazine rings is 1. The molecule has 3 heteroatoms. The fraction of sp³-hybridized carbons (Fsp3) is 0.588. The molecule has 1 fully saturated rings. The van der Waals surface area contributed by atoms with E-state index >= 15 is 0 Å². The SMILES string of the molecule is Cc1ccc(C(=O)N2CCN(C(C)(C)C)CC2)cc1C. The van der Waals surface area contributed by atoms with Gasteiger partial charge in [-0.15, -0.1) is 0 Å². The Morgan fingerprint density at radius 2 is 1.60 bits per heavy atom. The quantitative estimate of drug-likeness (QED) is 0.786. The number of nitrogens with zero attached hydrogens (tertiary/aromatic N) is 2. The van der Waals surface area contributed by atoms with Gasteiger partial charge in [0.2, 0.25) is 0 Å². The Morgan fingerprint density at radius 3 is 2.10 bits per heavy atom. The van der Waals surface area contributed by atoms with E-state index in [-0.39, 0.29) is 11.4 Å². The summed E-state index contributed by atoms with van der Waals surface area (Å²) in [7, 11) is 0. The molecule has 0 saturated carbocycles. The maximum absolute atomic E-state index is 12.5. The molecule has 20 heavy (non-hydrogen) atoms. The number of hydrogen-bond donors (Lipinski definition) is 0. The van der Waals surface area contributed by atoms with Crippen molar-refractivity contribution in [2.75, 3.05) is 26.2 Å². The third-order valence-corrected chi connectivity index (χ3v) is 4.27. The molecule has 1 amide bonds. The number of aryl methyl sites for hydroxylation is 2. The zero-order chi connectivity index (χ0) is 14.9. The Balaban J connectivity index is 2.03. The van der Waals surface area contributed by atoms with E-state index in [9.17, 15) is 4.79 Å². The van der Waals surface area contributed by atoms with Crippen LogP contribution in [0.2, 0.25) is 0 Å². The molecule has 0 spiro atoms. The second-order valence-electron chi connectivity index (χ2n) is 6.75. The van der Waals surface area contributed by atoms with E-state index in [1.807, 2.05) is 23.1 Å². The first-order valence-corrected chi connectivity index (χ1v) is 7.40. The molecule has 2 rings (SSSR count). The Morgan fingerprint density at radius 1 is 1.00 bits per heavy atom. The van der Waals surface area contributed by atoms with Crippen LogP contribution in [-0.4, -0.2) is 47.4 Å². The molecule has 1 aromatic rings. The van der Waals surface area contributed by atoms with Gasteiger partial charge in [0.05, 0.1) is 0 Å². The van der Waals surface area contributed by atoms with Gasteiger partial charge in [0.25, 0.3) is 5.91 Å². The lowest BCUT2D eigenvalue weighted by Crippen LogP contribution is -2.54. The molecule has 1 saturated heterocycles. The highest BCUT2D eigenvalue weighted by atomic mass is 16.2. The summed E-state index contributed by atoms with van der Waals surface area (Å²) in [6.45, 7) is 14.4. The molecule has 3 nitrogen and oxygen atoms in total. The van der Waals surface area contributed by atoms with Crippen molar-refractivity contribution >= 4 is 5.91 Å². The van der Waals surface area contributed by atoms with Crippen LogP contribution in [0.15, 0.2) is 18.2 Å². The molecule has 1 aromatic carbocycles. The van der Waals surface area contributed by atoms with Gasteiger partial charge >= 0.3 is 0 Å². The lowest BCUT2D eigenvalue weighted by molar-refractivity contribution is 0.0451. The fourth-order valence-electron chi connectivity index (χ4n) is 2.64. The van der Waals surface area contributed by atoms with Gasteiger partial charge < -0.3 is 4.90 Å². The summed E-state index contributed by atoms with van der Waals surface area (Å²) in [6.07, 6.45) is 0. The number of rotatable bonds is 1. The van der Waals surface area contributed by atoms with Crippen molar-refractivity contribution in [1.82, 2.24) is 9.80 Å². The molecule has 1 aliphatic heterocycles. The van der Waals surface area contributed by atoms with E-state index in [0.717, 1.165) is 31.7 Å². The van der Waals surface area contributed by atoms with Crippen molar-refractivity contribution in [1.29, 1.82) is 0 Å². The van der Waals surface area contributed by atoms with Crippen molar-refractivity contribution in [2.45, 2.75) is 40.2 Å². The second-order valence-corrected chi connectivity index (χ2v) is 6.75. The van der Waals surface area contributed by atoms with Gasteiger partial charge in [-0.2, -0.15) is 0 Å². The summed E-state index contributed by atoms with van der Waals surface area (Å²) in [4.78, 5) is 16.9.